The summed E-state index contributed by atoms with van der Waals surface area (Å²) in [6.07, 6.45) is 3.54. The van der Waals surface area contributed by atoms with Gasteiger partial charge in [-0.1, -0.05) is 25.5 Å². The summed E-state index contributed by atoms with van der Waals surface area (Å²) in [6.45, 7) is 4.52. The largest absolute Gasteiger partial charge is 0.486 e. The molecule has 2 heterocycles. The number of hydrogen-bond acceptors (Lipinski definition) is 5. The van der Waals surface area contributed by atoms with Crippen molar-refractivity contribution in [3.05, 3.63) is 24.3 Å². The first-order valence-electron chi connectivity index (χ1n) is 9.75. The fraction of sp³-hybridized carbons (Fsp3) is 0.650. The summed E-state index contributed by atoms with van der Waals surface area (Å²) in [5, 5.41) is 13.9. The number of aliphatic hydroxyl groups excluding tert-OH is 1. The first kappa shape index (κ1) is 19.0. The molecule has 0 aliphatic carbocycles. The van der Waals surface area contributed by atoms with Gasteiger partial charge in [-0.3, -0.25) is 4.79 Å². The highest BCUT2D eigenvalue weighted by Crippen LogP contribution is 2.31. The van der Waals surface area contributed by atoms with Crippen molar-refractivity contribution in [2.45, 2.75) is 57.3 Å². The molecule has 26 heavy (non-hydrogen) atoms. The maximum Gasteiger partial charge on any atom is 0.222 e. The third-order valence-electron chi connectivity index (χ3n) is 5.17. The molecule has 0 bridgehead atoms. The van der Waals surface area contributed by atoms with Gasteiger partial charge in [-0.2, -0.15) is 0 Å². The fourth-order valence-electron chi connectivity index (χ4n) is 3.46. The van der Waals surface area contributed by atoms with E-state index in [1.54, 1.807) is 0 Å². The van der Waals surface area contributed by atoms with Gasteiger partial charge in [0.25, 0.3) is 0 Å². The Labute approximate surface area is 155 Å². The summed E-state index contributed by atoms with van der Waals surface area (Å²) in [4.78, 5) is 14.0. The highest BCUT2D eigenvalue weighted by Gasteiger charge is 2.29. The molecule has 0 spiro atoms. The lowest BCUT2D eigenvalue weighted by molar-refractivity contribution is -0.132. The van der Waals surface area contributed by atoms with E-state index < -0.39 is 6.10 Å². The van der Waals surface area contributed by atoms with Crippen LogP contribution < -0.4 is 14.8 Å². The molecule has 6 nitrogen and oxygen atoms in total. The third kappa shape index (κ3) is 4.89. The van der Waals surface area contributed by atoms with Gasteiger partial charge in [0.2, 0.25) is 5.91 Å². The smallest absolute Gasteiger partial charge is 0.222 e. The lowest BCUT2D eigenvalue weighted by Crippen LogP contribution is -2.50. The zero-order chi connectivity index (χ0) is 18.4. The molecule has 0 aromatic heterocycles. The van der Waals surface area contributed by atoms with Crippen molar-refractivity contribution in [1.29, 1.82) is 0 Å². The molecule has 2 unspecified atom stereocenters. The van der Waals surface area contributed by atoms with Gasteiger partial charge in [-0.25, -0.2) is 0 Å². The Bertz CT molecular complexity index is 587. The minimum absolute atomic E-state index is 0.275. The van der Waals surface area contributed by atoms with Gasteiger partial charge in [-0.05, 0) is 31.4 Å². The predicted octanol–water partition coefficient (Wildman–Crippen LogP) is 1.96. The minimum atomic E-state index is -0.632. The van der Waals surface area contributed by atoms with E-state index in [0.29, 0.717) is 31.4 Å². The molecular weight excluding hydrogens is 332 g/mol. The van der Waals surface area contributed by atoms with E-state index in [1.165, 1.54) is 0 Å². The van der Waals surface area contributed by atoms with Crippen LogP contribution in [0.4, 0.5) is 0 Å². The number of fused-ring (bicyclic) bond motifs is 1. The molecule has 144 valence electrons. The Morgan fingerprint density at radius 3 is 2.77 bits per heavy atom. The molecule has 1 aromatic carbocycles. The third-order valence-corrected chi connectivity index (χ3v) is 5.17. The van der Waals surface area contributed by atoms with Gasteiger partial charge in [-0.15, -0.1) is 0 Å². The second-order valence-corrected chi connectivity index (χ2v) is 7.15. The number of para-hydroxylation sites is 2. The average Bonchev–Trinajstić information content (AvgIpc) is 2.70. The van der Waals surface area contributed by atoms with Gasteiger partial charge in [0, 0.05) is 32.1 Å². The maximum absolute atomic E-state index is 12.1. The maximum atomic E-state index is 12.1. The monoisotopic (exact) mass is 362 g/mol. The van der Waals surface area contributed by atoms with Crippen molar-refractivity contribution < 1.29 is 19.4 Å². The molecule has 1 saturated heterocycles. The Morgan fingerprint density at radius 1 is 1.31 bits per heavy atom. The predicted molar refractivity (Wildman–Crippen MR) is 99.5 cm³/mol. The Balaban J connectivity index is 1.38. The number of benzene rings is 1. The molecule has 1 fully saturated rings. The first-order chi connectivity index (χ1) is 12.7. The van der Waals surface area contributed by atoms with E-state index in [1.807, 2.05) is 29.2 Å². The number of amides is 1. The quantitative estimate of drug-likeness (QED) is 0.776. The highest BCUT2D eigenvalue weighted by molar-refractivity contribution is 5.76. The zero-order valence-corrected chi connectivity index (χ0v) is 15.5. The van der Waals surface area contributed by atoms with Gasteiger partial charge in [0.15, 0.2) is 17.6 Å². The molecule has 1 amide bonds. The van der Waals surface area contributed by atoms with E-state index in [9.17, 15) is 9.90 Å². The zero-order valence-electron chi connectivity index (χ0n) is 15.5. The Kier molecular flexibility index (Phi) is 6.74. The first-order valence-corrected chi connectivity index (χ1v) is 9.75. The van der Waals surface area contributed by atoms with Crippen LogP contribution >= 0.6 is 0 Å². The summed E-state index contributed by atoms with van der Waals surface area (Å²) >= 11 is 0. The van der Waals surface area contributed by atoms with Crippen LogP contribution in [0.15, 0.2) is 24.3 Å². The normalized spacial score (nSPS) is 21.5. The number of hydrogen-bond donors (Lipinski definition) is 2. The van der Waals surface area contributed by atoms with Crippen molar-refractivity contribution in [2.24, 2.45) is 0 Å². The number of piperidine rings is 1. The van der Waals surface area contributed by atoms with Crippen LogP contribution in [0.3, 0.4) is 0 Å². The second-order valence-electron chi connectivity index (χ2n) is 7.15. The molecule has 2 N–H and O–H groups in total. The number of aliphatic hydroxyl groups is 1. The van der Waals surface area contributed by atoms with Crippen molar-refractivity contribution in [3.8, 4) is 11.5 Å². The van der Waals surface area contributed by atoms with Crippen LogP contribution in [-0.2, 0) is 4.79 Å². The van der Waals surface area contributed by atoms with Crippen molar-refractivity contribution >= 4 is 5.91 Å². The molecule has 3 rings (SSSR count). The lowest BCUT2D eigenvalue weighted by Gasteiger charge is -2.34. The van der Waals surface area contributed by atoms with Gasteiger partial charge < -0.3 is 24.8 Å². The van der Waals surface area contributed by atoms with E-state index in [-0.39, 0.29) is 12.0 Å². The van der Waals surface area contributed by atoms with Crippen LogP contribution in [-0.4, -0.2) is 60.4 Å². The lowest BCUT2D eigenvalue weighted by atomic mass is 10.0. The summed E-state index contributed by atoms with van der Waals surface area (Å²) < 4.78 is 11.5. The number of carbonyl (C=O) groups excluding carboxylic acids is 1. The van der Waals surface area contributed by atoms with Crippen molar-refractivity contribution in [2.75, 3.05) is 26.2 Å². The van der Waals surface area contributed by atoms with Crippen molar-refractivity contribution in [1.82, 2.24) is 10.2 Å². The van der Waals surface area contributed by atoms with E-state index in [0.717, 1.165) is 44.5 Å². The Morgan fingerprint density at radius 2 is 2.04 bits per heavy atom. The van der Waals surface area contributed by atoms with Gasteiger partial charge >= 0.3 is 0 Å². The summed E-state index contributed by atoms with van der Waals surface area (Å²) in [7, 11) is 0. The average molecular weight is 362 g/mol. The minimum Gasteiger partial charge on any atom is -0.486 e. The van der Waals surface area contributed by atoms with Crippen molar-refractivity contribution in [3.63, 3.8) is 0 Å². The molecule has 0 radical (unpaired) electrons. The summed E-state index contributed by atoms with van der Waals surface area (Å²) in [6, 6.07) is 7.85. The molecular formula is C20H30N2O4. The molecule has 6 heteroatoms. The SMILES string of the molecule is CCCCC(=O)N1CCC(NCC(O)C2COc3ccccc3O2)CC1. The molecule has 2 aliphatic heterocycles. The second kappa shape index (κ2) is 9.24. The highest BCUT2D eigenvalue weighted by atomic mass is 16.6. The number of carbonyl (C=O) groups is 1. The molecule has 2 atom stereocenters. The van der Waals surface area contributed by atoms with Gasteiger partial charge in [0.1, 0.15) is 12.7 Å². The number of nitrogens with zero attached hydrogens (tertiary/aromatic N) is 1. The number of rotatable bonds is 7. The van der Waals surface area contributed by atoms with Gasteiger partial charge in [0.05, 0.1) is 0 Å². The summed E-state index contributed by atoms with van der Waals surface area (Å²) in [5.74, 6) is 1.68. The number of unbranched alkanes of at least 4 members (excludes halogenated alkanes) is 1. The van der Waals surface area contributed by atoms with Crippen LogP contribution in [0.2, 0.25) is 0 Å². The molecule has 1 aromatic rings. The summed E-state index contributed by atoms with van der Waals surface area (Å²) in [5.41, 5.74) is 0. The Hall–Kier alpha value is -1.79. The fourth-order valence-corrected chi connectivity index (χ4v) is 3.46. The standard InChI is InChI=1S/C20H30N2O4/c1-2-3-8-20(24)22-11-9-15(10-12-22)21-13-16(23)19-14-25-17-6-4-5-7-18(17)26-19/h4-7,15-16,19,21,23H,2-3,8-14H2,1H3. The van der Waals surface area contributed by atoms with E-state index in [4.69, 9.17) is 9.47 Å². The van der Waals surface area contributed by atoms with Crippen LogP contribution in [0.25, 0.3) is 0 Å². The number of nitrogens with one attached hydrogen (secondary N) is 1. The topological polar surface area (TPSA) is 71.0 Å². The number of likely N-dealkylation sites (tertiary alicyclic amines) is 1. The number of ether oxygens (including phenoxy) is 2. The van der Waals surface area contributed by atoms with E-state index in [2.05, 4.69) is 12.2 Å². The van der Waals surface area contributed by atoms with Crippen LogP contribution in [0.5, 0.6) is 11.5 Å². The molecule has 0 saturated carbocycles. The van der Waals surface area contributed by atoms with Crippen LogP contribution in [0.1, 0.15) is 39.0 Å². The van der Waals surface area contributed by atoms with Crippen LogP contribution in [0, 0.1) is 0 Å². The molecule has 2 aliphatic rings. The van der Waals surface area contributed by atoms with E-state index >= 15 is 0 Å².